The van der Waals surface area contributed by atoms with Gasteiger partial charge in [0.1, 0.15) is 7.85 Å². The molecule has 0 amide bonds. The number of fused-ring (bicyclic) bond motifs is 1. The Morgan fingerprint density at radius 1 is 1.15 bits per heavy atom. The van der Waals surface area contributed by atoms with Crippen molar-refractivity contribution in [2.75, 3.05) is 19.6 Å². The highest BCUT2D eigenvalue weighted by molar-refractivity contribution is 6.38. The van der Waals surface area contributed by atoms with Gasteiger partial charge in [-0.25, -0.2) is 0 Å². The average Bonchev–Trinajstić information content (AvgIpc) is 3.47. The number of Topliss-reactive ketones (excluding diaryl/α,β-unsaturated/α-hetero) is 1. The van der Waals surface area contributed by atoms with E-state index in [0.717, 1.165) is 73.4 Å². The number of ketones is 1. The van der Waals surface area contributed by atoms with Crippen LogP contribution in [0.1, 0.15) is 48.4 Å². The number of hydrogen-bond donors (Lipinski definition) is 0. The molecule has 0 atom stereocenters. The maximum absolute atomic E-state index is 12.1. The van der Waals surface area contributed by atoms with Gasteiger partial charge in [0.05, 0.1) is 0 Å². The second-order valence-corrected chi connectivity index (χ2v) is 8.70. The molecule has 1 fully saturated rings. The zero-order valence-electron chi connectivity index (χ0n) is 18.8. The summed E-state index contributed by atoms with van der Waals surface area (Å²) in [5.41, 5.74) is 3.33. The van der Waals surface area contributed by atoms with Crippen LogP contribution >= 0.6 is 0 Å². The monoisotopic (exact) mass is 439 g/mol. The van der Waals surface area contributed by atoms with Gasteiger partial charge in [0.2, 0.25) is 11.7 Å². The largest absolute Gasteiger partial charge is 0.347 e. The van der Waals surface area contributed by atoms with Crippen LogP contribution < -0.4 is 5.46 Å². The minimum Gasteiger partial charge on any atom is -0.347 e. The van der Waals surface area contributed by atoms with Gasteiger partial charge in [-0.15, -0.1) is 0 Å². The number of rotatable bonds is 7. The summed E-state index contributed by atoms with van der Waals surface area (Å²) in [7, 11) is 6.23. The van der Waals surface area contributed by atoms with Gasteiger partial charge in [-0.05, 0) is 58.0 Å². The van der Waals surface area contributed by atoms with Crippen LogP contribution in [-0.4, -0.2) is 57.9 Å². The van der Waals surface area contributed by atoms with Gasteiger partial charge in [0.25, 0.3) is 0 Å². The molecule has 3 aromatic heterocycles. The molecule has 1 aromatic carbocycles. The first-order valence-electron chi connectivity index (χ1n) is 11.4. The van der Waals surface area contributed by atoms with Gasteiger partial charge in [0.15, 0.2) is 5.78 Å². The van der Waals surface area contributed by atoms with Crippen molar-refractivity contribution in [3.63, 3.8) is 0 Å². The summed E-state index contributed by atoms with van der Waals surface area (Å²) in [6.07, 6.45) is 8.42. The van der Waals surface area contributed by atoms with Crippen molar-refractivity contribution in [2.24, 2.45) is 0 Å². The van der Waals surface area contributed by atoms with E-state index >= 15 is 0 Å². The number of likely N-dealkylation sites (tertiary alicyclic amines) is 1. The molecule has 33 heavy (non-hydrogen) atoms. The lowest BCUT2D eigenvalue weighted by molar-refractivity contribution is 0.101. The van der Waals surface area contributed by atoms with E-state index in [4.69, 9.17) is 12.4 Å². The molecule has 0 bridgehead atoms. The minimum absolute atomic E-state index is 0.0690. The van der Waals surface area contributed by atoms with Crippen LogP contribution in [0.5, 0.6) is 0 Å². The molecular formula is C25H26BN5O2. The van der Waals surface area contributed by atoms with Crippen LogP contribution in [0.15, 0.2) is 53.4 Å². The molecule has 1 aliphatic rings. The summed E-state index contributed by atoms with van der Waals surface area (Å²) >= 11 is 0. The van der Waals surface area contributed by atoms with E-state index in [9.17, 15) is 4.79 Å². The quantitative estimate of drug-likeness (QED) is 0.325. The summed E-state index contributed by atoms with van der Waals surface area (Å²) in [5.74, 6) is 1.72. The Labute approximate surface area is 194 Å². The maximum Gasteiger partial charge on any atom is 0.230 e. The van der Waals surface area contributed by atoms with Crippen molar-refractivity contribution in [2.45, 2.75) is 38.6 Å². The summed E-state index contributed by atoms with van der Waals surface area (Å²) < 4.78 is 7.70. The van der Waals surface area contributed by atoms with Crippen LogP contribution in [-0.2, 0) is 6.54 Å². The summed E-state index contributed by atoms with van der Waals surface area (Å²) in [4.78, 5) is 23.2. The SMILES string of the molecule is [B]c1cccc2c(C(C)=O)cn(CCCN3CCC(c4nc(-c5ccncc5)no4)CC3)c12. The molecule has 1 saturated heterocycles. The zero-order chi connectivity index (χ0) is 22.8. The number of carbonyl (C=O) groups excluding carboxylic acids is 1. The maximum atomic E-state index is 12.1. The lowest BCUT2D eigenvalue weighted by atomic mass is 9.93. The molecule has 5 rings (SSSR count). The predicted molar refractivity (Wildman–Crippen MR) is 128 cm³/mol. The lowest BCUT2D eigenvalue weighted by Crippen LogP contribution is -2.34. The van der Waals surface area contributed by atoms with Gasteiger partial charge >= 0.3 is 0 Å². The Morgan fingerprint density at radius 3 is 2.70 bits per heavy atom. The van der Waals surface area contributed by atoms with Crippen LogP contribution in [0.3, 0.4) is 0 Å². The number of benzene rings is 1. The molecule has 4 aromatic rings. The second-order valence-electron chi connectivity index (χ2n) is 8.70. The van der Waals surface area contributed by atoms with Gasteiger partial charge in [-0.1, -0.05) is 28.8 Å². The van der Waals surface area contributed by atoms with Crippen LogP contribution in [0.25, 0.3) is 22.3 Å². The first-order chi connectivity index (χ1) is 16.1. The first-order valence-corrected chi connectivity index (χ1v) is 11.4. The highest BCUT2D eigenvalue weighted by Gasteiger charge is 2.25. The van der Waals surface area contributed by atoms with E-state index < -0.39 is 0 Å². The Morgan fingerprint density at radius 2 is 1.94 bits per heavy atom. The number of hydrogen-bond acceptors (Lipinski definition) is 6. The second kappa shape index (κ2) is 9.31. The molecule has 0 spiro atoms. The number of nitrogens with zero attached hydrogens (tertiary/aromatic N) is 5. The van der Waals surface area contributed by atoms with Gasteiger partial charge in [-0.3, -0.25) is 9.78 Å². The molecule has 0 N–H and O–H groups in total. The standard InChI is InChI=1S/C25H26BN5O2/c1-17(32)21-16-31(23-20(21)4-2-5-22(23)26)13-3-12-30-14-8-19(9-15-30)25-28-24(29-33-25)18-6-10-27-11-7-18/h2,4-7,10-11,16,19H,3,8-9,12-15H2,1H3. The average molecular weight is 439 g/mol. The van der Waals surface area contributed by atoms with E-state index in [1.807, 2.05) is 36.5 Å². The Kier molecular flexibility index (Phi) is 6.09. The van der Waals surface area contributed by atoms with Crippen molar-refractivity contribution >= 4 is 30.0 Å². The van der Waals surface area contributed by atoms with E-state index in [-0.39, 0.29) is 5.78 Å². The number of aryl methyl sites for hydroxylation is 1. The number of piperidine rings is 1. The molecule has 7 nitrogen and oxygen atoms in total. The predicted octanol–water partition coefficient (Wildman–Crippen LogP) is 3.35. The lowest BCUT2D eigenvalue weighted by Gasteiger charge is -2.30. The Balaban J connectivity index is 1.16. The summed E-state index contributed by atoms with van der Waals surface area (Å²) in [6.45, 7) is 5.45. The fourth-order valence-electron chi connectivity index (χ4n) is 4.73. The molecular weight excluding hydrogens is 413 g/mol. The Bertz CT molecular complexity index is 1260. The first kappa shape index (κ1) is 21.6. The minimum atomic E-state index is 0.0690. The number of aromatic nitrogens is 4. The molecule has 8 heteroatoms. The van der Waals surface area contributed by atoms with Crippen molar-refractivity contribution in [1.82, 2.24) is 24.6 Å². The summed E-state index contributed by atoms with van der Waals surface area (Å²) in [5, 5.41) is 5.08. The third-order valence-electron chi connectivity index (χ3n) is 6.50. The Hall–Kier alpha value is -3.26. The van der Waals surface area contributed by atoms with E-state index in [0.29, 0.717) is 17.2 Å². The van der Waals surface area contributed by atoms with Crippen LogP contribution in [0.2, 0.25) is 0 Å². The van der Waals surface area contributed by atoms with Crippen molar-refractivity contribution in [3.05, 3.63) is 60.4 Å². The van der Waals surface area contributed by atoms with Crippen LogP contribution in [0, 0.1) is 0 Å². The number of pyridine rings is 1. The van der Waals surface area contributed by atoms with E-state index in [1.54, 1.807) is 19.3 Å². The normalized spacial score (nSPS) is 15.3. The highest BCUT2D eigenvalue weighted by Crippen LogP contribution is 2.28. The van der Waals surface area contributed by atoms with Crippen molar-refractivity contribution in [1.29, 1.82) is 0 Å². The van der Waals surface area contributed by atoms with E-state index in [2.05, 4.69) is 24.6 Å². The topological polar surface area (TPSA) is 77.1 Å². The molecule has 4 heterocycles. The molecule has 1 aliphatic heterocycles. The molecule has 0 aliphatic carbocycles. The third-order valence-corrected chi connectivity index (χ3v) is 6.50. The van der Waals surface area contributed by atoms with Crippen LogP contribution in [0.4, 0.5) is 0 Å². The molecule has 0 saturated carbocycles. The van der Waals surface area contributed by atoms with Crippen molar-refractivity contribution < 1.29 is 9.32 Å². The highest BCUT2D eigenvalue weighted by atomic mass is 16.5. The molecule has 166 valence electrons. The smallest absolute Gasteiger partial charge is 0.230 e. The fourth-order valence-corrected chi connectivity index (χ4v) is 4.73. The number of carbonyl (C=O) groups is 1. The molecule has 0 unspecified atom stereocenters. The van der Waals surface area contributed by atoms with Gasteiger partial charge in [-0.2, -0.15) is 4.98 Å². The third kappa shape index (κ3) is 4.48. The summed E-state index contributed by atoms with van der Waals surface area (Å²) in [6, 6.07) is 9.55. The zero-order valence-corrected chi connectivity index (χ0v) is 18.8. The molecule has 2 radical (unpaired) electrons. The fraction of sp³-hybridized carbons (Fsp3) is 0.360. The van der Waals surface area contributed by atoms with Crippen molar-refractivity contribution in [3.8, 4) is 11.4 Å². The van der Waals surface area contributed by atoms with Gasteiger partial charge < -0.3 is 14.0 Å². The van der Waals surface area contributed by atoms with E-state index in [1.165, 1.54) is 0 Å². The number of para-hydroxylation sites is 1. The van der Waals surface area contributed by atoms with Gasteiger partial charge in [0, 0.05) is 53.1 Å².